The molecule has 0 atom stereocenters. The van der Waals surface area contributed by atoms with Gasteiger partial charge in [-0.25, -0.2) is 0 Å². The Morgan fingerprint density at radius 3 is 2.45 bits per heavy atom. The zero-order valence-corrected chi connectivity index (χ0v) is 20.0. The van der Waals surface area contributed by atoms with Crippen molar-refractivity contribution in [2.24, 2.45) is 4.99 Å². The van der Waals surface area contributed by atoms with E-state index in [0.29, 0.717) is 28.6 Å². The molecule has 4 rings (SSSR count). The van der Waals surface area contributed by atoms with Gasteiger partial charge in [0, 0.05) is 10.0 Å². The summed E-state index contributed by atoms with van der Waals surface area (Å²) in [5.74, 6) is 0.379. The summed E-state index contributed by atoms with van der Waals surface area (Å²) in [6.45, 7) is 0.400. The van der Waals surface area contributed by atoms with Crippen LogP contribution >= 0.6 is 27.7 Å². The maximum atomic E-state index is 12.4. The number of carbonyl (C=O) groups excluding carboxylic acids is 2. The van der Waals surface area contributed by atoms with E-state index in [4.69, 9.17) is 9.47 Å². The third kappa shape index (κ3) is 5.71. The molecule has 1 N–H and O–H groups in total. The molecule has 0 spiro atoms. The first-order chi connectivity index (χ1) is 16.0. The van der Waals surface area contributed by atoms with Gasteiger partial charge in [-0.15, -0.1) is 0 Å². The predicted octanol–water partition coefficient (Wildman–Crippen LogP) is 5.44. The van der Waals surface area contributed by atoms with Crippen molar-refractivity contribution in [3.63, 3.8) is 0 Å². The average Bonchev–Trinajstić information content (AvgIpc) is 3.18. The molecule has 2 amide bonds. The van der Waals surface area contributed by atoms with Crippen molar-refractivity contribution < 1.29 is 19.1 Å². The minimum atomic E-state index is -0.414. The topological polar surface area (TPSA) is 77.0 Å². The van der Waals surface area contributed by atoms with Crippen molar-refractivity contribution in [2.45, 2.75) is 6.61 Å². The van der Waals surface area contributed by atoms with E-state index in [1.54, 1.807) is 49.6 Å². The van der Waals surface area contributed by atoms with Gasteiger partial charge in [-0.3, -0.25) is 9.59 Å². The van der Waals surface area contributed by atoms with Crippen molar-refractivity contribution in [1.82, 2.24) is 5.32 Å². The Kier molecular flexibility index (Phi) is 7.26. The Balaban J connectivity index is 1.52. The number of carbonyl (C=O) groups is 2. The molecular formula is C25H19BrN2O4S. The number of rotatable bonds is 6. The number of hydrogen-bond donors (Lipinski definition) is 1. The van der Waals surface area contributed by atoms with Crippen LogP contribution in [0.5, 0.6) is 11.5 Å². The van der Waals surface area contributed by atoms with E-state index in [-0.39, 0.29) is 11.1 Å². The highest BCUT2D eigenvalue weighted by Crippen LogP contribution is 2.37. The summed E-state index contributed by atoms with van der Waals surface area (Å²) in [7, 11) is 1.56. The first-order valence-electron chi connectivity index (χ1n) is 9.96. The van der Waals surface area contributed by atoms with Gasteiger partial charge in [0.15, 0.2) is 16.7 Å². The van der Waals surface area contributed by atoms with Crippen molar-refractivity contribution in [3.8, 4) is 11.5 Å². The second-order valence-electron chi connectivity index (χ2n) is 6.95. The van der Waals surface area contributed by atoms with E-state index in [0.717, 1.165) is 27.4 Å². The zero-order chi connectivity index (χ0) is 23.2. The molecule has 1 aliphatic rings. The Bertz CT molecular complexity index is 1240. The van der Waals surface area contributed by atoms with Crippen LogP contribution in [0.4, 0.5) is 0 Å². The molecule has 0 aromatic heterocycles. The molecule has 1 fully saturated rings. The van der Waals surface area contributed by atoms with Gasteiger partial charge in [-0.1, -0.05) is 64.5 Å². The number of nitrogens with zero attached hydrogens (tertiary/aromatic N) is 1. The summed E-state index contributed by atoms with van der Waals surface area (Å²) in [4.78, 5) is 29.2. The van der Waals surface area contributed by atoms with Gasteiger partial charge in [0.25, 0.3) is 11.8 Å². The van der Waals surface area contributed by atoms with Gasteiger partial charge in [0.05, 0.1) is 12.0 Å². The number of amidine groups is 1. The number of amides is 2. The highest BCUT2D eigenvalue weighted by Gasteiger charge is 2.25. The lowest BCUT2D eigenvalue weighted by Crippen LogP contribution is -2.20. The largest absolute Gasteiger partial charge is 0.493 e. The number of halogens is 1. The predicted molar refractivity (Wildman–Crippen MR) is 133 cm³/mol. The van der Waals surface area contributed by atoms with Crippen LogP contribution in [0.15, 0.2) is 87.2 Å². The smallest absolute Gasteiger partial charge is 0.279 e. The van der Waals surface area contributed by atoms with E-state index < -0.39 is 5.91 Å². The number of thioether (sulfide) groups is 1. The Morgan fingerprint density at radius 1 is 1.06 bits per heavy atom. The van der Waals surface area contributed by atoms with E-state index in [1.165, 1.54) is 0 Å². The number of nitrogens with one attached hydrogen (secondary N) is 1. The van der Waals surface area contributed by atoms with Crippen LogP contribution in [-0.4, -0.2) is 24.1 Å². The molecule has 166 valence electrons. The third-order valence-corrected chi connectivity index (χ3v) is 6.28. The number of hydrogen-bond acceptors (Lipinski definition) is 5. The Labute approximate surface area is 203 Å². The van der Waals surface area contributed by atoms with E-state index in [9.17, 15) is 9.59 Å². The fourth-order valence-corrected chi connectivity index (χ4v) is 4.28. The maximum Gasteiger partial charge on any atom is 0.279 e. The SMILES string of the molecule is COc1cc(/C=C2\SC(=NC(=O)c3ccccc3)NC2=O)c(Br)cc1OCc1ccccc1. The molecule has 0 aliphatic carbocycles. The minimum Gasteiger partial charge on any atom is -0.493 e. The van der Waals surface area contributed by atoms with Gasteiger partial charge in [-0.05, 0) is 53.2 Å². The highest BCUT2D eigenvalue weighted by atomic mass is 79.9. The lowest BCUT2D eigenvalue weighted by Gasteiger charge is -2.13. The van der Waals surface area contributed by atoms with Crippen LogP contribution in [-0.2, 0) is 11.4 Å². The molecule has 3 aromatic rings. The second-order valence-corrected chi connectivity index (χ2v) is 8.84. The van der Waals surface area contributed by atoms with Crippen molar-refractivity contribution >= 4 is 50.7 Å². The number of benzene rings is 3. The van der Waals surface area contributed by atoms with Gasteiger partial charge < -0.3 is 14.8 Å². The van der Waals surface area contributed by atoms with Gasteiger partial charge in [0.2, 0.25) is 0 Å². The second kappa shape index (κ2) is 10.5. The van der Waals surface area contributed by atoms with Crippen LogP contribution < -0.4 is 14.8 Å². The van der Waals surface area contributed by atoms with E-state index in [1.807, 2.05) is 36.4 Å². The van der Waals surface area contributed by atoms with Crippen molar-refractivity contribution in [3.05, 3.63) is 98.9 Å². The lowest BCUT2D eigenvalue weighted by molar-refractivity contribution is -0.115. The fraction of sp³-hybridized carbons (Fsp3) is 0.0800. The molecule has 33 heavy (non-hydrogen) atoms. The molecule has 1 heterocycles. The summed E-state index contributed by atoms with van der Waals surface area (Å²) in [6, 6.07) is 22.1. The van der Waals surface area contributed by atoms with Crippen LogP contribution in [0.1, 0.15) is 21.5 Å². The van der Waals surface area contributed by atoms with Crippen LogP contribution in [0, 0.1) is 0 Å². The number of ether oxygens (including phenoxy) is 2. The van der Waals surface area contributed by atoms with Crippen LogP contribution in [0.2, 0.25) is 0 Å². The molecule has 6 nitrogen and oxygen atoms in total. The Morgan fingerprint density at radius 2 is 1.76 bits per heavy atom. The molecular weight excluding hydrogens is 504 g/mol. The minimum absolute atomic E-state index is 0.242. The van der Waals surface area contributed by atoms with Crippen LogP contribution in [0.25, 0.3) is 6.08 Å². The monoisotopic (exact) mass is 522 g/mol. The van der Waals surface area contributed by atoms with Crippen molar-refractivity contribution in [1.29, 1.82) is 0 Å². The summed E-state index contributed by atoms with van der Waals surface area (Å²) < 4.78 is 12.2. The molecule has 0 radical (unpaired) electrons. The normalized spacial score (nSPS) is 15.5. The highest BCUT2D eigenvalue weighted by molar-refractivity contribution is 9.10. The quantitative estimate of drug-likeness (QED) is 0.436. The van der Waals surface area contributed by atoms with Gasteiger partial charge >= 0.3 is 0 Å². The van der Waals surface area contributed by atoms with Crippen molar-refractivity contribution in [2.75, 3.05) is 7.11 Å². The molecule has 3 aromatic carbocycles. The Hall–Kier alpha value is -3.36. The lowest BCUT2D eigenvalue weighted by atomic mass is 10.2. The van der Waals surface area contributed by atoms with E-state index >= 15 is 0 Å². The number of aliphatic imine (C=N–C) groups is 1. The summed E-state index contributed by atoms with van der Waals surface area (Å²) in [5.41, 5.74) is 2.22. The van der Waals surface area contributed by atoms with Gasteiger partial charge in [-0.2, -0.15) is 4.99 Å². The molecule has 0 saturated carbocycles. The zero-order valence-electron chi connectivity index (χ0n) is 17.6. The first-order valence-corrected chi connectivity index (χ1v) is 11.6. The molecule has 1 saturated heterocycles. The molecule has 1 aliphatic heterocycles. The first kappa shape index (κ1) is 22.8. The summed E-state index contributed by atoms with van der Waals surface area (Å²) >= 11 is 4.65. The van der Waals surface area contributed by atoms with Gasteiger partial charge in [0.1, 0.15) is 6.61 Å². The average molecular weight is 523 g/mol. The van der Waals surface area contributed by atoms with E-state index in [2.05, 4.69) is 26.2 Å². The maximum absolute atomic E-state index is 12.4. The number of methoxy groups -OCH3 is 1. The summed E-state index contributed by atoms with van der Waals surface area (Å²) in [5, 5.41) is 2.88. The third-order valence-electron chi connectivity index (χ3n) is 4.68. The standard InChI is InChI=1S/C25H19BrN2O4S/c1-31-20-12-18(19(26)14-21(20)32-15-16-8-4-2-5-9-16)13-22-24(30)28-25(33-22)27-23(29)17-10-6-3-7-11-17/h2-14H,15H2,1H3,(H,27,28,29,30)/b22-13-. The molecule has 8 heteroatoms. The molecule has 0 unspecified atom stereocenters. The molecule has 0 bridgehead atoms. The summed E-state index contributed by atoms with van der Waals surface area (Å²) in [6.07, 6.45) is 1.71. The van der Waals surface area contributed by atoms with Crippen LogP contribution in [0.3, 0.4) is 0 Å². The fourth-order valence-electron chi connectivity index (χ4n) is 3.03.